The molecule has 0 amide bonds. The average molecular weight is 1010 g/mol. The number of halogens is 4. The zero-order valence-corrected chi connectivity index (χ0v) is 39.8. The van der Waals surface area contributed by atoms with Crippen molar-refractivity contribution >= 4 is 69.5 Å². The number of fused-ring (bicyclic) bond motifs is 6. The molecule has 0 radical (unpaired) electrons. The molecule has 4 aromatic rings. The van der Waals surface area contributed by atoms with E-state index < -0.39 is 0 Å². The van der Waals surface area contributed by atoms with E-state index in [9.17, 15) is 4.79 Å². The van der Waals surface area contributed by atoms with Crippen LogP contribution >= 0.6 is 63.7 Å². The van der Waals surface area contributed by atoms with Crippen LogP contribution in [0.2, 0.25) is 0 Å². The summed E-state index contributed by atoms with van der Waals surface area (Å²) in [4.78, 5) is 14.9. The van der Waals surface area contributed by atoms with Crippen LogP contribution < -0.4 is 0 Å². The molecule has 0 spiro atoms. The Bertz CT molecular complexity index is 1700. The van der Waals surface area contributed by atoms with Gasteiger partial charge in [0.2, 0.25) is 0 Å². The second-order valence-electron chi connectivity index (χ2n) is 16.5. The minimum absolute atomic E-state index is 0.0522. The lowest BCUT2D eigenvalue weighted by Crippen LogP contribution is -2.26. The number of ketones is 1. The molecule has 56 heavy (non-hydrogen) atoms. The summed E-state index contributed by atoms with van der Waals surface area (Å²) >= 11 is 14.6. The van der Waals surface area contributed by atoms with Crippen LogP contribution in [-0.4, -0.2) is 27.1 Å². The Morgan fingerprint density at radius 2 is 0.661 bits per heavy atom. The van der Waals surface area contributed by atoms with E-state index in [0.717, 1.165) is 58.1 Å². The molecule has 0 atom stereocenters. The molecule has 4 aromatic carbocycles. The summed E-state index contributed by atoms with van der Waals surface area (Å²) in [6.45, 7) is 0. The van der Waals surface area contributed by atoms with Gasteiger partial charge < -0.3 is 0 Å². The van der Waals surface area contributed by atoms with Gasteiger partial charge in [-0.05, 0) is 108 Å². The summed E-state index contributed by atoms with van der Waals surface area (Å²) in [5, 5.41) is 4.31. The van der Waals surface area contributed by atoms with E-state index in [1.807, 2.05) is 0 Å². The van der Waals surface area contributed by atoms with Gasteiger partial charge in [-0.15, -0.1) is 0 Å². The fraction of sp³-hybridized carbons (Fsp3) is 0.510. The van der Waals surface area contributed by atoms with Gasteiger partial charge in [0.1, 0.15) is 0 Å². The first-order valence-corrected chi connectivity index (χ1v) is 26.3. The highest BCUT2D eigenvalue weighted by atomic mass is 79.9. The Hall–Kier alpha value is -1.53. The van der Waals surface area contributed by atoms with E-state index >= 15 is 0 Å². The Kier molecular flexibility index (Phi) is 17.4. The van der Waals surface area contributed by atoms with Gasteiger partial charge in [-0.3, -0.25) is 4.79 Å². The van der Waals surface area contributed by atoms with Crippen molar-refractivity contribution in [3.8, 4) is 22.3 Å². The monoisotopic (exact) mass is 1010 g/mol. The minimum atomic E-state index is -0.0522. The Balaban J connectivity index is 1.37. The molecule has 0 bridgehead atoms. The zero-order chi connectivity index (χ0) is 39.2. The molecule has 0 saturated carbocycles. The summed E-state index contributed by atoms with van der Waals surface area (Å²) in [5.41, 5.74) is 12.7. The standard InChI is InChI=1S/C51H62Br4O/c52-33-17-5-1-13-29-50(30-14-2-6-18-34-53)45-23-11-9-21-41(45)43-27-25-39(37-47(43)50)49(56)40-26-28-44-42-22-10-12-24-46(42)51(48(44)38-40,31-15-3-7-19-35-54)32-16-4-8-20-36-55/h9-12,21-28,37-38H,1-8,13-20,29-36H2. The van der Waals surface area contributed by atoms with Gasteiger partial charge in [-0.2, -0.15) is 0 Å². The smallest absolute Gasteiger partial charge is 0.193 e. The summed E-state index contributed by atoms with van der Waals surface area (Å²) in [6, 6.07) is 31.8. The van der Waals surface area contributed by atoms with Gasteiger partial charge in [0.25, 0.3) is 0 Å². The summed E-state index contributed by atoms with van der Waals surface area (Å²) in [6.07, 6.45) is 24.3. The normalized spacial score (nSPS) is 14.4. The molecule has 0 fully saturated rings. The number of carbonyl (C=O) groups is 1. The minimum Gasteiger partial charge on any atom is -0.289 e. The molecule has 0 N–H and O–H groups in total. The van der Waals surface area contributed by atoms with E-state index in [1.54, 1.807) is 0 Å². The number of benzene rings is 4. The maximum absolute atomic E-state index is 14.9. The molecule has 2 aliphatic rings. The topological polar surface area (TPSA) is 17.1 Å². The van der Waals surface area contributed by atoms with Crippen LogP contribution in [0.25, 0.3) is 22.3 Å². The van der Waals surface area contributed by atoms with Crippen molar-refractivity contribution in [3.63, 3.8) is 0 Å². The van der Waals surface area contributed by atoms with Gasteiger partial charge in [-0.25, -0.2) is 0 Å². The molecular formula is C51H62Br4O. The zero-order valence-electron chi connectivity index (χ0n) is 33.5. The van der Waals surface area contributed by atoms with Gasteiger partial charge in [0.15, 0.2) is 5.78 Å². The molecular weight excluding hydrogens is 948 g/mol. The molecule has 0 aliphatic heterocycles. The largest absolute Gasteiger partial charge is 0.289 e. The number of alkyl halides is 4. The third-order valence-electron chi connectivity index (χ3n) is 13.0. The molecule has 5 heteroatoms. The third-order valence-corrected chi connectivity index (χ3v) is 15.3. The molecule has 0 unspecified atom stereocenters. The summed E-state index contributed by atoms with van der Waals surface area (Å²) < 4.78 is 0. The van der Waals surface area contributed by atoms with Gasteiger partial charge in [-0.1, -0.05) is 214 Å². The van der Waals surface area contributed by atoms with Crippen molar-refractivity contribution in [3.05, 3.63) is 118 Å². The van der Waals surface area contributed by atoms with E-state index in [0.29, 0.717) is 0 Å². The van der Waals surface area contributed by atoms with Crippen molar-refractivity contribution in [2.45, 2.75) is 139 Å². The predicted molar refractivity (Wildman–Crippen MR) is 256 cm³/mol. The third kappa shape index (κ3) is 9.90. The second-order valence-corrected chi connectivity index (χ2v) is 19.7. The molecule has 6 rings (SSSR count). The summed E-state index contributed by atoms with van der Waals surface area (Å²) in [5.74, 6) is 0.162. The van der Waals surface area contributed by atoms with Crippen molar-refractivity contribution in [2.75, 3.05) is 21.3 Å². The fourth-order valence-corrected chi connectivity index (χ4v) is 11.8. The highest BCUT2D eigenvalue weighted by Crippen LogP contribution is 2.56. The van der Waals surface area contributed by atoms with Crippen molar-refractivity contribution in [1.29, 1.82) is 0 Å². The Morgan fingerprint density at radius 3 is 1.00 bits per heavy atom. The van der Waals surface area contributed by atoms with Gasteiger partial charge in [0, 0.05) is 43.3 Å². The van der Waals surface area contributed by atoms with E-state index in [-0.39, 0.29) is 16.6 Å². The lowest BCUT2D eigenvalue weighted by Gasteiger charge is -2.33. The first-order valence-electron chi connectivity index (χ1n) is 21.8. The van der Waals surface area contributed by atoms with Gasteiger partial charge in [0.05, 0.1) is 0 Å². The van der Waals surface area contributed by atoms with Crippen LogP contribution in [0.4, 0.5) is 0 Å². The van der Waals surface area contributed by atoms with E-state index in [1.165, 1.54) is 147 Å². The van der Waals surface area contributed by atoms with Crippen molar-refractivity contribution in [1.82, 2.24) is 0 Å². The number of hydrogen-bond acceptors (Lipinski definition) is 1. The second kappa shape index (κ2) is 22.2. The van der Waals surface area contributed by atoms with Crippen LogP contribution in [0.5, 0.6) is 0 Å². The maximum Gasteiger partial charge on any atom is 0.193 e. The maximum atomic E-state index is 14.9. The van der Waals surface area contributed by atoms with Crippen LogP contribution in [0.15, 0.2) is 84.9 Å². The van der Waals surface area contributed by atoms with Crippen LogP contribution in [-0.2, 0) is 10.8 Å². The molecule has 1 nitrogen and oxygen atoms in total. The SMILES string of the molecule is O=C(c1ccc2c(c1)C(CCCCCCBr)(CCCCCCBr)c1ccccc1-2)c1ccc2c(c1)C(CCCCCCBr)(CCCCCCBr)c1ccccc1-2. The van der Waals surface area contributed by atoms with Crippen LogP contribution in [0, 0.1) is 0 Å². The number of rotatable bonds is 26. The molecule has 0 saturated heterocycles. The highest BCUT2D eigenvalue weighted by Gasteiger charge is 2.44. The van der Waals surface area contributed by atoms with Gasteiger partial charge >= 0.3 is 0 Å². The van der Waals surface area contributed by atoms with E-state index in [2.05, 4.69) is 149 Å². The van der Waals surface area contributed by atoms with Crippen molar-refractivity contribution < 1.29 is 4.79 Å². The van der Waals surface area contributed by atoms with Crippen LogP contribution in [0.3, 0.4) is 0 Å². The highest BCUT2D eigenvalue weighted by molar-refractivity contribution is 9.09. The quantitative estimate of drug-likeness (QED) is 0.0348. The Morgan fingerprint density at radius 1 is 0.357 bits per heavy atom. The van der Waals surface area contributed by atoms with Crippen LogP contribution in [0.1, 0.15) is 167 Å². The molecule has 2 aliphatic carbocycles. The Labute approximate surface area is 372 Å². The number of carbonyl (C=O) groups excluding carboxylic acids is 1. The summed E-state index contributed by atoms with van der Waals surface area (Å²) in [7, 11) is 0. The average Bonchev–Trinajstić information content (AvgIpc) is 3.66. The first-order chi connectivity index (χ1) is 27.5. The fourth-order valence-electron chi connectivity index (χ4n) is 10.2. The molecule has 300 valence electrons. The van der Waals surface area contributed by atoms with Crippen molar-refractivity contribution in [2.24, 2.45) is 0 Å². The predicted octanol–water partition coefficient (Wildman–Crippen LogP) is 16.8. The van der Waals surface area contributed by atoms with E-state index in [4.69, 9.17) is 0 Å². The molecule has 0 aromatic heterocycles. The lowest BCUT2D eigenvalue weighted by molar-refractivity contribution is 0.103. The number of hydrogen-bond donors (Lipinski definition) is 0. The molecule has 0 heterocycles. The number of unbranched alkanes of at least 4 members (excludes halogenated alkanes) is 12. The first kappa shape index (κ1) is 44.0. The lowest BCUT2D eigenvalue weighted by atomic mass is 9.70.